The van der Waals surface area contributed by atoms with Gasteiger partial charge in [0.2, 0.25) is 11.7 Å². The first-order chi connectivity index (χ1) is 12.5. The van der Waals surface area contributed by atoms with Crippen molar-refractivity contribution in [2.24, 2.45) is 0 Å². The van der Waals surface area contributed by atoms with Gasteiger partial charge in [0, 0.05) is 11.4 Å². The number of rotatable bonds is 6. The summed E-state index contributed by atoms with van der Waals surface area (Å²) in [6.07, 6.45) is -3.10. The molecule has 2 aromatic rings. The molecule has 0 unspecified atom stereocenters. The summed E-state index contributed by atoms with van der Waals surface area (Å²) in [4.78, 5) is 46.2. The smallest absolute Gasteiger partial charge is 0.387 e. The van der Waals surface area contributed by atoms with Crippen LogP contribution in [0.4, 0.5) is 0 Å². The number of nitrogens with one attached hydrogen (secondary N) is 1. The van der Waals surface area contributed by atoms with Crippen LogP contribution in [-0.2, 0) is 18.4 Å². The highest BCUT2D eigenvalue weighted by Gasteiger charge is 2.47. The van der Waals surface area contributed by atoms with Gasteiger partial charge in [-0.25, -0.2) is 18.7 Å². The first-order valence-electron chi connectivity index (χ1n) is 7.16. The molecule has 150 valence electrons. The number of aliphatic hydroxyl groups excluding tert-OH is 2. The molecule has 3 rings (SSSR count). The normalized spacial score (nSPS) is 26.7. The summed E-state index contributed by atoms with van der Waals surface area (Å²) in [5, 5.41) is 20.2. The van der Waals surface area contributed by atoms with Crippen LogP contribution in [0.15, 0.2) is 17.7 Å². The first kappa shape index (κ1) is 20.8. The quantitative estimate of drug-likeness (QED) is 0.148. The molecule has 4 atom stereocenters. The van der Waals surface area contributed by atoms with Crippen LogP contribution in [0.5, 0.6) is 0 Å². The fourth-order valence-corrected chi connectivity index (χ4v) is 4.51. The Kier molecular flexibility index (Phi) is 5.74. The van der Waals surface area contributed by atoms with Gasteiger partial charge in [0.1, 0.15) is 18.3 Å². The summed E-state index contributed by atoms with van der Waals surface area (Å²) in [5.74, 6) is 0. The first-order valence-corrected chi connectivity index (χ1v) is 11.7. The zero-order valence-electron chi connectivity index (χ0n) is 13.1. The number of phosphoric ester groups is 1. The van der Waals surface area contributed by atoms with Gasteiger partial charge in [0.05, 0.1) is 6.61 Å². The zero-order chi connectivity index (χ0) is 20.0. The Morgan fingerprint density at radius 2 is 1.93 bits per heavy atom. The zero-order valence-corrected chi connectivity index (χ0v) is 15.7. The third-order valence-corrected chi connectivity index (χ3v) is 6.05. The van der Waals surface area contributed by atoms with Gasteiger partial charge >= 0.3 is 20.3 Å². The standard InChI is InChI=1S/C10H14N4O10P2S/c15-6-4(1-23-25(17,18)19)24-10(7(6)16)14-3-13-5-8(14)11-2-12-9(5)27-26(20,21)22/h2-4,6-7,10,15-16H,1H2,(H4,17,18,19,20,21,22)/p+1/t4-,6-,7+,10+/m1/s1. The molecule has 1 fully saturated rings. The summed E-state index contributed by atoms with van der Waals surface area (Å²) < 4.78 is 33.0. The predicted molar refractivity (Wildman–Crippen MR) is 85.9 cm³/mol. The Bertz CT molecular complexity index is 930. The van der Waals surface area contributed by atoms with Gasteiger partial charge < -0.3 is 34.5 Å². The lowest BCUT2D eigenvalue weighted by atomic mass is 10.1. The lowest BCUT2D eigenvalue weighted by Crippen LogP contribution is -2.45. The van der Waals surface area contributed by atoms with Gasteiger partial charge in [-0.2, -0.15) is 0 Å². The van der Waals surface area contributed by atoms with E-state index in [0.29, 0.717) is 0 Å². The number of fused-ring (bicyclic) bond motifs is 1. The fourth-order valence-electron chi connectivity index (χ4n) is 2.52. The molecule has 7 N–H and O–H groups in total. The average Bonchev–Trinajstić information content (AvgIpc) is 3.07. The second-order valence-electron chi connectivity index (χ2n) is 5.47. The number of aromatic nitrogens is 4. The molecular formula is C10H15N4O10P2S+. The minimum Gasteiger partial charge on any atom is -0.387 e. The van der Waals surface area contributed by atoms with Crippen molar-refractivity contribution >= 4 is 37.2 Å². The highest BCUT2D eigenvalue weighted by atomic mass is 32.7. The van der Waals surface area contributed by atoms with E-state index in [4.69, 9.17) is 24.3 Å². The molecule has 0 radical (unpaired) electrons. The summed E-state index contributed by atoms with van der Waals surface area (Å²) in [6, 6.07) is 0. The summed E-state index contributed by atoms with van der Waals surface area (Å²) in [7, 11) is -4.79. The SMILES string of the molecule is O=P(O)(O)OC[C@H]1O[C@H]([n+]2c[nH]c3c(SP(=O)(O)O)ncnc32)[C@@H](O)[C@@H]1O. The van der Waals surface area contributed by atoms with Crippen LogP contribution in [-0.4, -0.2) is 69.7 Å². The predicted octanol–water partition coefficient (Wildman–Crippen LogP) is -1.84. The molecule has 2 aromatic heterocycles. The monoisotopic (exact) mass is 445 g/mol. The lowest BCUT2D eigenvalue weighted by molar-refractivity contribution is -0.745. The van der Waals surface area contributed by atoms with Crippen molar-refractivity contribution in [2.75, 3.05) is 6.61 Å². The third-order valence-electron chi connectivity index (χ3n) is 3.61. The molecule has 1 aliphatic rings. The van der Waals surface area contributed by atoms with Crippen molar-refractivity contribution < 1.29 is 52.7 Å². The Morgan fingerprint density at radius 3 is 2.56 bits per heavy atom. The van der Waals surface area contributed by atoms with E-state index in [0.717, 1.165) is 6.33 Å². The van der Waals surface area contributed by atoms with Gasteiger partial charge in [-0.3, -0.25) is 9.51 Å². The van der Waals surface area contributed by atoms with Gasteiger partial charge in [-0.1, -0.05) is 4.98 Å². The van der Waals surface area contributed by atoms with E-state index in [1.54, 1.807) is 0 Å². The van der Waals surface area contributed by atoms with Crippen LogP contribution in [0, 0.1) is 0 Å². The number of hydrogen-bond donors (Lipinski definition) is 7. The van der Waals surface area contributed by atoms with Crippen LogP contribution < -0.4 is 4.57 Å². The molecule has 0 aromatic carbocycles. The van der Waals surface area contributed by atoms with E-state index in [2.05, 4.69) is 19.5 Å². The molecule has 0 bridgehead atoms. The Morgan fingerprint density at radius 1 is 1.22 bits per heavy atom. The highest BCUT2D eigenvalue weighted by molar-refractivity contribution is 8.54. The van der Waals surface area contributed by atoms with E-state index in [1.165, 1.54) is 10.9 Å². The van der Waals surface area contributed by atoms with E-state index in [-0.39, 0.29) is 27.6 Å². The van der Waals surface area contributed by atoms with E-state index >= 15 is 0 Å². The number of nitrogens with zero attached hydrogens (tertiary/aromatic N) is 3. The fraction of sp³-hybridized carbons (Fsp3) is 0.500. The second kappa shape index (κ2) is 7.46. The molecule has 0 amide bonds. The molecule has 0 spiro atoms. The lowest BCUT2D eigenvalue weighted by Gasteiger charge is -2.14. The van der Waals surface area contributed by atoms with E-state index in [1.807, 2.05) is 0 Å². The molecule has 0 aliphatic carbocycles. The van der Waals surface area contributed by atoms with Crippen LogP contribution in [0.3, 0.4) is 0 Å². The van der Waals surface area contributed by atoms with E-state index in [9.17, 15) is 19.3 Å². The molecule has 0 saturated carbocycles. The minimum absolute atomic E-state index is 0.0403. The number of H-pyrrole nitrogens is 1. The Hall–Kier alpha value is -0.960. The van der Waals surface area contributed by atoms with Crippen molar-refractivity contribution in [3.63, 3.8) is 0 Å². The van der Waals surface area contributed by atoms with Gasteiger partial charge in [-0.15, -0.1) is 0 Å². The number of phosphoric acid groups is 1. The maximum Gasteiger partial charge on any atom is 0.469 e. The van der Waals surface area contributed by atoms with Crippen LogP contribution in [0.1, 0.15) is 6.23 Å². The van der Waals surface area contributed by atoms with Crippen LogP contribution in [0.25, 0.3) is 11.2 Å². The summed E-state index contributed by atoms with van der Waals surface area (Å²) in [6.45, 7) is -5.15. The van der Waals surface area contributed by atoms with Gasteiger partial charge in [0.25, 0.3) is 0 Å². The second-order valence-corrected chi connectivity index (χ2v) is 10.2. The van der Waals surface area contributed by atoms with Crippen LogP contribution >= 0.6 is 26.0 Å². The van der Waals surface area contributed by atoms with Crippen molar-refractivity contribution in [1.82, 2.24) is 15.0 Å². The largest absolute Gasteiger partial charge is 0.469 e. The Balaban J connectivity index is 1.88. The maximum atomic E-state index is 11.2. The number of aliphatic hydroxyl groups is 2. The number of aromatic amines is 1. The molecule has 1 aliphatic heterocycles. The molecule has 1 saturated heterocycles. The van der Waals surface area contributed by atoms with Crippen molar-refractivity contribution in [3.8, 4) is 0 Å². The summed E-state index contributed by atoms with van der Waals surface area (Å²) in [5.41, 5.74) is 0.278. The molecule has 14 nitrogen and oxygen atoms in total. The molecule has 3 heterocycles. The van der Waals surface area contributed by atoms with Gasteiger partial charge in [0.15, 0.2) is 17.7 Å². The number of hydrogen-bond acceptors (Lipinski definition) is 9. The van der Waals surface area contributed by atoms with Crippen molar-refractivity contribution in [2.45, 2.75) is 29.6 Å². The van der Waals surface area contributed by atoms with E-state index < -0.39 is 45.8 Å². The van der Waals surface area contributed by atoms with Crippen molar-refractivity contribution in [1.29, 1.82) is 0 Å². The molecular weight excluding hydrogens is 430 g/mol. The Labute approximate surface area is 154 Å². The maximum absolute atomic E-state index is 11.2. The third kappa shape index (κ3) is 4.72. The topological polar surface area (TPSA) is 219 Å². The number of ether oxygens (including phenoxy) is 1. The summed E-state index contributed by atoms with van der Waals surface area (Å²) >= 11 is 0.211. The van der Waals surface area contributed by atoms with Crippen LogP contribution in [0.2, 0.25) is 0 Å². The minimum atomic E-state index is -4.79. The highest BCUT2D eigenvalue weighted by Crippen LogP contribution is 2.54. The van der Waals surface area contributed by atoms with Crippen molar-refractivity contribution in [3.05, 3.63) is 12.7 Å². The number of imidazole rings is 1. The van der Waals surface area contributed by atoms with Gasteiger partial charge in [-0.05, 0) is 0 Å². The molecule has 17 heteroatoms. The average molecular weight is 445 g/mol. The molecule has 27 heavy (non-hydrogen) atoms.